The van der Waals surface area contributed by atoms with Gasteiger partial charge in [-0.15, -0.1) is 10.2 Å². The Hall–Kier alpha value is -2.71. The van der Waals surface area contributed by atoms with Crippen molar-refractivity contribution in [2.24, 2.45) is 17.3 Å². The average molecular weight is 434 g/mol. The van der Waals surface area contributed by atoms with E-state index in [0.29, 0.717) is 43.6 Å². The van der Waals surface area contributed by atoms with Crippen molar-refractivity contribution in [2.45, 2.75) is 38.8 Å². The molecule has 0 radical (unpaired) electrons. The van der Waals surface area contributed by atoms with E-state index in [1.54, 1.807) is 11.0 Å². The third kappa shape index (κ3) is 3.34. The number of aromatic nitrogens is 3. The zero-order valence-electron chi connectivity index (χ0n) is 17.0. The minimum absolute atomic E-state index is 0.0361. The Morgan fingerprint density at radius 1 is 1.26 bits per heavy atom. The van der Waals surface area contributed by atoms with Gasteiger partial charge in [0.25, 0.3) is 5.91 Å². The number of likely N-dealkylation sites (tertiary alicyclic amines) is 1. The summed E-state index contributed by atoms with van der Waals surface area (Å²) in [5.41, 5.74) is 0.145. The molecule has 0 bridgehead atoms. The van der Waals surface area contributed by atoms with Gasteiger partial charge in [0, 0.05) is 24.9 Å². The highest BCUT2D eigenvalue weighted by atomic mass is 19.4. The standard InChI is InChI=1S/C22H22F4N4O/c1-21-9-13(16-4-2-3-5-17(16)22(24,25)26)8-14(21)10-29(12-21)20(31)19-28-27-18-7-6-15(23)11-30(18)19/h2,4,6-7,11,13-14H,3,5,8-10,12H2,1H3. The molecule has 3 atom stereocenters. The highest BCUT2D eigenvalue weighted by Crippen LogP contribution is 2.55. The summed E-state index contributed by atoms with van der Waals surface area (Å²) in [6, 6.07) is 2.71. The molecular formula is C22H22F4N4O. The summed E-state index contributed by atoms with van der Waals surface area (Å²) in [5, 5.41) is 7.86. The molecule has 5 nitrogen and oxygen atoms in total. The SMILES string of the molecule is CC12CC(C3=C(C(F)(F)F)CCC=C3)CC1CN(C(=O)c1nnc3ccc(F)cn13)C2. The van der Waals surface area contributed by atoms with Crippen molar-refractivity contribution in [3.63, 3.8) is 0 Å². The number of nitrogens with zero attached hydrogens (tertiary/aromatic N) is 4. The number of carbonyl (C=O) groups is 1. The number of hydrogen-bond acceptors (Lipinski definition) is 3. The number of carbonyl (C=O) groups excluding carboxylic acids is 1. The van der Waals surface area contributed by atoms with Crippen LogP contribution >= 0.6 is 0 Å². The van der Waals surface area contributed by atoms with Gasteiger partial charge in [-0.05, 0) is 60.6 Å². The van der Waals surface area contributed by atoms with Gasteiger partial charge in [-0.1, -0.05) is 19.1 Å². The molecule has 31 heavy (non-hydrogen) atoms. The van der Waals surface area contributed by atoms with E-state index in [4.69, 9.17) is 0 Å². The van der Waals surface area contributed by atoms with Crippen molar-refractivity contribution in [2.75, 3.05) is 13.1 Å². The number of fused-ring (bicyclic) bond motifs is 2. The first-order chi connectivity index (χ1) is 14.7. The van der Waals surface area contributed by atoms with Crippen LogP contribution in [0, 0.1) is 23.1 Å². The number of halogens is 4. The Morgan fingerprint density at radius 2 is 2.06 bits per heavy atom. The second-order valence-electron chi connectivity index (χ2n) is 9.15. The summed E-state index contributed by atoms with van der Waals surface area (Å²) >= 11 is 0. The molecule has 5 rings (SSSR count). The van der Waals surface area contributed by atoms with Gasteiger partial charge in [0.1, 0.15) is 5.82 Å². The largest absolute Gasteiger partial charge is 0.412 e. The Morgan fingerprint density at radius 3 is 2.81 bits per heavy atom. The first kappa shape index (κ1) is 20.2. The molecule has 0 N–H and O–H groups in total. The Bertz CT molecular complexity index is 1120. The lowest BCUT2D eigenvalue weighted by Crippen LogP contribution is -2.33. The molecule has 2 aromatic rings. The Kier molecular flexibility index (Phi) is 4.50. The Labute approximate surface area is 176 Å². The van der Waals surface area contributed by atoms with Crippen molar-refractivity contribution in [1.29, 1.82) is 0 Å². The molecule has 3 heterocycles. The van der Waals surface area contributed by atoms with Crippen molar-refractivity contribution in [3.8, 4) is 0 Å². The summed E-state index contributed by atoms with van der Waals surface area (Å²) in [6.07, 6.45) is 2.04. The fourth-order valence-corrected chi connectivity index (χ4v) is 5.61. The zero-order valence-corrected chi connectivity index (χ0v) is 17.0. The predicted octanol–water partition coefficient (Wildman–Crippen LogP) is 4.57. The molecule has 2 aliphatic carbocycles. The summed E-state index contributed by atoms with van der Waals surface area (Å²) in [7, 11) is 0. The predicted molar refractivity (Wildman–Crippen MR) is 105 cm³/mol. The maximum absolute atomic E-state index is 13.6. The van der Waals surface area contributed by atoms with Crippen LogP contribution in [0.1, 0.15) is 43.2 Å². The van der Waals surface area contributed by atoms with Crippen LogP contribution in [-0.2, 0) is 0 Å². The number of pyridine rings is 1. The molecule has 1 amide bonds. The smallest absolute Gasteiger partial charge is 0.335 e. The lowest BCUT2D eigenvalue weighted by molar-refractivity contribution is -0.0952. The van der Waals surface area contributed by atoms with Gasteiger partial charge >= 0.3 is 6.18 Å². The second-order valence-corrected chi connectivity index (χ2v) is 9.15. The number of hydrogen-bond donors (Lipinski definition) is 0. The zero-order chi connectivity index (χ0) is 22.0. The minimum Gasteiger partial charge on any atom is -0.335 e. The van der Waals surface area contributed by atoms with Gasteiger partial charge < -0.3 is 4.90 Å². The summed E-state index contributed by atoms with van der Waals surface area (Å²) < 4.78 is 55.5. The summed E-state index contributed by atoms with van der Waals surface area (Å²) in [4.78, 5) is 14.8. The van der Waals surface area contributed by atoms with Crippen molar-refractivity contribution in [3.05, 3.63) is 53.3 Å². The number of allylic oxidation sites excluding steroid dienone is 4. The minimum atomic E-state index is -4.30. The molecule has 164 valence electrons. The lowest BCUT2D eigenvalue weighted by Gasteiger charge is -2.27. The fraction of sp³-hybridized carbons (Fsp3) is 0.500. The van der Waals surface area contributed by atoms with Gasteiger partial charge in [-0.2, -0.15) is 13.2 Å². The highest BCUT2D eigenvalue weighted by Gasteiger charge is 2.52. The van der Waals surface area contributed by atoms with Gasteiger partial charge in [-0.3, -0.25) is 9.20 Å². The van der Waals surface area contributed by atoms with E-state index in [0.717, 1.165) is 0 Å². The molecule has 2 fully saturated rings. The van der Waals surface area contributed by atoms with Crippen LogP contribution in [0.2, 0.25) is 0 Å². The van der Waals surface area contributed by atoms with Crippen molar-refractivity contribution in [1.82, 2.24) is 19.5 Å². The molecule has 0 spiro atoms. The van der Waals surface area contributed by atoms with Crippen molar-refractivity contribution < 1.29 is 22.4 Å². The van der Waals surface area contributed by atoms with Gasteiger partial charge in [0.05, 0.1) is 0 Å². The molecule has 3 unspecified atom stereocenters. The van der Waals surface area contributed by atoms with Crippen molar-refractivity contribution >= 4 is 11.6 Å². The summed E-state index contributed by atoms with van der Waals surface area (Å²) in [5.74, 6) is -0.827. The molecule has 2 aromatic heterocycles. The van der Waals surface area contributed by atoms with Crippen LogP contribution in [0.4, 0.5) is 17.6 Å². The van der Waals surface area contributed by atoms with Crippen LogP contribution in [0.3, 0.4) is 0 Å². The molecule has 0 aromatic carbocycles. The van der Waals surface area contributed by atoms with Crippen LogP contribution in [0.15, 0.2) is 41.6 Å². The first-order valence-electron chi connectivity index (χ1n) is 10.4. The quantitative estimate of drug-likeness (QED) is 0.651. The monoisotopic (exact) mass is 434 g/mol. The number of rotatable bonds is 2. The molecule has 3 aliphatic rings. The number of amides is 1. The van der Waals surface area contributed by atoms with E-state index >= 15 is 0 Å². The van der Waals surface area contributed by atoms with Crippen LogP contribution in [0.25, 0.3) is 5.65 Å². The topological polar surface area (TPSA) is 50.5 Å². The third-order valence-corrected chi connectivity index (χ3v) is 7.09. The maximum atomic E-state index is 13.6. The van der Waals surface area contributed by atoms with E-state index in [-0.39, 0.29) is 35.4 Å². The van der Waals surface area contributed by atoms with E-state index in [2.05, 4.69) is 10.2 Å². The van der Waals surface area contributed by atoms with Gasteiger partial charge in [0.15, 0.2) is 5.65 Å². The molecule has 1 saturated heterocycles. The fourth-order valence-electron chi connectivity index (χ4n) is 5.61. The molecule has 1 aliphatic heterocycles. The van der Waals surface area contributed by atoms with Gasteiger partial charge in [0.2, 0.25) is 5.82 Å². The molecule has 1 saturated carbocycles. The molecule has 9 heteroatoms. The second kappa shape index (κ2) is 6.90. The number of alkyl halides is 3. The first-order valence-corrected chi connectivity index (χ1v) is 10.4. The summed E-state index contributed by atoms with van der Waals surface area (Å²) in [6.45, 7) is 2.94. The normalized spacial score (nSPS) is 28.6. The lowest BCUT2D eigenvalue weighted by atomic mass is 9.81. The van der Waals surface area contributed by atoms with E-state index in [1.807, 2.05) is 13.0 Å². The van der Waals surface area contributed by atoms with E-state index < -0.39 is 17.6 Å². The van der Waals surface area contributed by atoms with E-state index in [1.165, 1.54) is 22.7 Å². The highest BCUT2D eigenvalue weighted by molar-refractivity contribution is 5.91. The van der Waals surface area contributed by atoms with Gasteiger partial charge in [-0.25, -0.2) is 4.39 Å². The van der Waals surface area contributed by atoms with E-state index in [9.17, 15) is 22.4 Å². The third-order valence-electron chi connectivity index (χ3n) is 7.09. The van der Waals surface area contributed by atoms with Crippen LogP contribution in [0.5, 0.6) is 0 Å². The van der Waals surface area contributed by atoms with Crippen LogP contribution < -0.4 is 0 Å². The molecular weight excluding hydrogens is 412 g/mol. The maximum Gasteiger partial charge on any atom is 0.412 e. The Balaban J connectivity index is 1.37. The average Bonchev–Trinajstić information content (AvgIpc) is 3.36. The van der Waals surface area contributed by atoms with Crippen LogP contribution in [-0.4, -0.2) is 44.7 Å².